The zero-order valence-electron chi connectivity index (χ0n) is 15.3. The van der Waals surface area contributed by atoms with Crippen LogP contribution in [-0.2, 0) is 6.54 Å². The van der Waals surface area contributed by atoms with Crippen LogP contribution < -0.4 is 5.32 Å². The zero-order valence-corrected chi connectivity index (χ0v) is 16.1. The topological polar surface area (TPSA) is 61.6 Å². The van der Waals surface area contributed by atoms with Gasteiger partial charge in [-0.05, 0) is 29.7 Å². The zero-order chi connectivity index (χ0) is 18.9. The lowest BCUT2D eigenvalue weighted by Crippen LogP contribution is -2.49. The van der Waals surface area contributed by atoms with Gasteiger partial charge < -0.3 is 9.42 Å². The van der Waals surface area contributed by atoms with E-state index in [1.807, 2.05) is 40.5 Å². The van der Waals surface area contributed by atoms with Crippen molar-refractivity contribution in [2.45, 2.75) is 6.54 Å². The van der Waals surface area contributed by atoms with Crippen LogP contribution in [0.2, 0.25) is 0 Å². The first-order chi connectivity index (χ1) is 13.8. The fourth-order valence-corrected chi connectivity index (χ4v) is 4.71. The lowest BCUT2D eigenvalue weighted by Gasteiger charge is -2.34. The molecular weight excluding hydrogens is 372 g/mol. The van der Waals surface area contributed by atoms with E-state index in [0.717, 1.165) is 25.0 Å². The molecule has 1 saturated heterocycles. The molecule has 2 aromatic carbocycles. The van der Waals surface area contributed by atoms with Gasteiger partial charge in [0.1, 0.15) is 0 Å². The Morgan fingerprint density at radius 3 is 2.71 bits per heavy atom. The van der Waals surface area contributed by atoms with Gasteiger partial charge in [0.2, 0.25) is 0 Å². The molecule has 7 heteroatoms. The van der Waals surface area contributed by atoms with Crippen molar-refractivity contribution in [1.82, 2.24) is 15.0 Å². The fourth-order valence-electron chi connectivity index (χ4n) is 3.60. The number of amides is 2. The highest BCUT2D eigenvalue weighted by molar-refractivity contribution is 7.19. The molecule has 1 N–H and O–H groups in total. The first-order valence-electron chi connectivity index (χ1n) is 9.36. The van der Waals surface area contributed by atoms with Crippen LogP contribution in [0.15, 0.2) is 59.1 Å². The SMILES string of the molecule is O=C(Nc1noc2ccccc12)N1CCN(Cc2cc3ccccc3s2)CC1. The third kappa shape index (κ3) is 3.34. The van der Waals surface area contributed by atoms with Crippen LogP contribution in [-0.4, -0.2) is 47.2 Å². The normalized spacial score (nSPS) is 15.4. The predicted octanol–water partition coefficient (Wildman–Crippen LogP) is 4.39. The Kier molecular flexibility index (Phi) is 4.46. The monoisotopic (exact) mass is 392 g/mol. The van der Waals surface area contributed by atoms with Crippen molar-refractivity contribution in [3.63, 3.8) is 0 Å². The molecule has 1 aliphatic rings. The first kappa shape index (κ1) is 17.2. The molecule has 0 atom stereocenters. The standard InChI is InChI=1S/C21H20N4O2S/c26-21(22-20-17-6-2-3-7-18(17)27-23-20)25-11-9-24(10-12-25)14-16-13-15-5-1-4-8-19(15)28-16/h1-8,13H,9-12,14H2,(H,22,23,26). The summed E-state index contributed by atoms with van der Waals surface area (Å²) in [6, 6.07) is 18.2. The number of piperazine rings is 1. The number of aromatic nitrogens is 1. The van der Waals surface area contributed by atoms with Crippen molar-refractivity contribution < 1.29 is 9.32 Å². The van der Waals surface area contributed by atoms with Gasteiger partial charge in [0.05, 0.1) is 5.39 Å². The van der Waals surface area contributed by atoms with Gasteiger partial charge in [0.15, 0.2) is 11.4 Å². The molecule has 0 spiro atoms. The van der Waals surface area contributed by atoms with Crippen molar-refractivity contribution in [2.75, 3.05) is 31.5 Å². The number of rotatable bonds is 3. The lowest BCUT2D eigenvalue weighted by molar-refractivity contribution is 0.143. The van der Waals surface area contributed by atoms with Crippen LogP contribution in [0.1, 0.15) is 4.88 Å². The third-order valence-corrected chi connectivity index (χ3v) is 6.22. The fraction of sp³-hybridized carbons (Fsp3) is 0.238. The average molecular weight is 392 g/mol. The van der Waals surface area contributed by atoms with Crippen LogP contribution in [0.4, 0.5) is 10.6 Å². The van der Waals surface area contributed by atoms with Crippen molar-refractivity contribution in [2.24, 2.45) is 0 Å². The van der Waals surface area contributed by atoms with Gasteiger partial charge in [-0.1, -0.05) is 35.5 Å². The summed E-state index contributed by atoms with van der Waals surface area (Å²) in [5.41, 5.74) is 0.672. The summed E-state index contributed by atoms with van der Waals surface area (Å²) in [6.45, 7) is 4.06. The molecule has 0 saturated carbocycles. The molecule has 1 fully saturated rings. The predicted molar refractivity (Wildman–Crippen MR) is 112 cm³/mol. The first-order valence-corrected chi connectivity index (χ1v) is 10.2. The van der Waals surface area contributed by atoms with E-state index in [9.17, 15) is 4.79 Å². The number of fused-ring (bicyclic) bond motifs is 2. The van der Waals surface area contributed by atoms with Crippen LogP contribution in [0.3, 0.4) is 0 Å². The van der Waals surface area contributed by atoms with Crippen LogP contribution >= 0.6 is 11.3 Å². The minimum absolute atomic E-state index is 0.124. The number of nitrogens with zero attached hydrogens (tertiary/aromatic N) is 3. The Hall–Kier alpha value is -2.90. The minimum Gasteiger partial charge on any atom is -0.354 e. The molecule has 4 aromatic rings. The number of para-hydroxylation sites is 1. The van der Waals surface area contributed by atoms with Gasteiger partial charge >= 0.3 is 6.03 Å². The molecule has 0 unspecified atom stereocenters. The van der Waals surface area contributed by atoms with Gasteiger partial charge in [-0.3, -0.25) is 10.2 Å². The second kappa shape index (κ2) is 7.26. The summed E-state index contributed by atoms with van der Waals surface area (Å²) < 4.78 is 6.58. The molecule has 2 aromatic heterocycles. The van der Waals surface area contributed by atoms with Crippen LogP contribution in [0, 0.1) is 0 Å². The Morgan fingerprint density at radius 2 is 1.86 bits per heavy atom. The van der Waals surface area contributed by atoms with Gasteiger partial charge in [-0.2, -0.15) is 0 Å². The number of benzene rings is 2. The van der Waals surface area contributed by atoms with Crippen LogP contribution in [0.25, 0.3) is 21.1 Å². The van der Waals surface area contributed by atoms with E-state index in [-0.39, 0.29) is 6.03 Å². The summed E-state index contributed by atoms with van der Waals surface area (Å²) in [7, 11) is 0. The number of anilines is 1. The summed E-state index contributed by atoms with van der Waals surface area (Å²) in [6.07, 6.45) is 0. The van der Waals surface area contributed by atoms with Crippen molar-refractivity contribution in [3.05, 3.63) is 59.5 Å². The lowest BCUT2D eigenvalue weighted by atomic mass is 10.2. The van der Waals surface area contributed by atoms with Gasteiger partial charge in [-0.15, -0.1) is 11.3 Å². The summed E-state index contributed by atoms with van der Waals surface area (Å²) in [4.78, 5) is 18.2. The molecule has 6 nitrogen and oxygen atoms in total. The van der Waals surface area contributed by atoms with Gasteiger partial charge in [-0.25, -0.2) is 4.79 Å². The molecule has 142 valence electrons. The smallest absolute Gasteiger partial charge is 0.323 e. The van der Waals surface area contributed by atoms with E-state index in [4.69, 9.17) is 4.52 Å². The van der Waals surface area contributed by atoms with E-state index in [1.54, 1.807) is 0 Å². The van der Waals surface area contributed by atoms with Crippen molar-refractivity contribution >= 4 is 44.2 Å². The summed E-state index contributed by atoms with van der Waals surface area (Å²) in [5.74, 6) is 0.480. The molecular formula is C21H20N4O2S. The largest absolute Gasteiger partial charge is 0.354 e. The maximum atomic E-state index is 12.6. The Bertz CT molecular complexity index is 1090. The number of thiophene rings is 1. The van der Waals surface area contributed by atoms with Crippen molar-refractivity contribution in [3.8, 4) is 0 Å². The second-order valence-electron chi connectivity index (χ2n) is 6.97. The average Bonchev–Trinajstić information content (AvgIpc) is 3.32. The molecule has 28 heavy (non-hydrogen) atoms. The number of hydrogen-bond donors (Lipinski definition) is 1. The summed E-state index contributed by atoms with van der Waals surface area (Å²) >= 11 is 1.85. The molecule has 2 amide bonds. The van der Waals surface area contributed by atoms with Crippen LogP contribution in [0.5, 0.6) is 0 Å². The van der Waals surface area contributed by atoms with E-state index in [2.05, 4.69) is 45.7 Å². The van der Waals surface area contributed by atoms with E-state index >= 15 is 0 Å². The van der Waals surface area contributed by atoms with Gasteiger partial charge in [0.25, 0.3) is 0 Å². The molecule has 3 heterocycles. The third-order valence-electron chi connectivity index (χ3n) is 5.12. The minimum atomic E-state index is -0.124. The number of carbonyl (C=O) groups excluding carboxylic acids is 1. The number of carbonyl (C=O) groups is 1. The molecule has 0 aliphatic carbocycles. The van der Waals surface area contributed by atoms with E-state index in [1.165, 1.54) is 15.0 Å². The van der Waals surface area contributed by atoms with Crippen molar-refractivity contribution in [1.29, 1.82) is 0 Å². The van der Waals surface area contributed by atoms with E-state index in [0.29, 0.717) is 24.5 Å². The molecule has 1 aliphatic heterocycles. The Balaban J connectivity index is 1.19. The quantitative estimate of drug-likeness (QED) is 0.562. The second-order valence-corrected chi connectivity index (χ2v) is 8.14. The molecule has 0 bridgehead atoms. The highest BCUT2D eigenvalue weighted by Gasteiger charge is 2.23. The van der Waals surface area contributed by atoms with E-state index < -0.39 is 0 Å². The highest BCUT2D eigenvalue weighted by Crippen LogP contribution is 2.27. The number of nitrogens with one attached hydrogen (secondary N) is 1. The number of hydrogen-bond acceptors (Lipinski definition) is 5. The number of urea groups is 1. The van der Waals surface area contributed by atoms with Gasteiger partial charge in [0, 0.05) is 42.3 Å². The Morgan fingerprint density at radius 1 is 1.07 bits per heavy atom. The summed E-state index contributed by atoms with van der Waals surface area (Å²) in [5, 5.41) is 8.99. The molecule has 5 rings (SSSR count). The maximum Gasteiger partial charge on any atom is 0.323 e. The highest BCUT2D eigenvalue weighted by atomic mass is 32.1. The molecule has 0 radical (unpaired) electrons. The Labute approximate surface area is 166 Å². The maximum absolute atomic E-state index is 12.6.